The number of hydrogen-bond acceptors (Lipinski definition) is 8. The Labute approximate surface area is 152 Å². The number of carbonyl (C=O) groups is 2. The number of anilines is 1. The topological polar surface area (TPSA) is 160 Å². The first-order valence-electron chi connectivity index (χ1n) is 8.23. The zero-order chi connectivity index (χ0) is 20.1. The lowest BCUT2D eigenvalue weighted by atomic mass is 10.1. The molecule has 150 valence electrons. The zero-order valence-corrected chi connectivity index (χ0v) is 14.4. The number of nitrogens with one attached hydrogen (secondary N) is 1. The quantitative estimate of drug-likeness (QED) is 0.464. The second-order valence-electron chi connectivity index (χ2n) is 5.86. The maximum atomic E-state index is 14.2. The fraction of sp³-hybridized carbons (Fsp3) is 0.600. The van der Waals surface area contributed by atoms with Gasteiger partial charge in [-0.05, 0) is 6.42 Å². The van der Waals surface area contributed by atoms with Crippen LogP contribution < -0.4 is 11.0 Å². The van der Waals surface area contributed by atoms with Crippen molar-refractivity contribution >= 4 is 17.9 Å². The molecule has 27 heavy (non-hydrogen) atoms. The van der Waals surface area contributed by atoms with Crippen LogP contribution in [0.5, 0.6) is 0 Å². The summed E-state index contributed by atoms with van der Waals surface area (Å²) in [6.45, 7) is 2.09. The van der Waals surface area contributed by atoms with Gasteiger partial charge in [-0.25, -0.2) is 18.8 Å². The van der Waals surface area contributed by atoms with Crippen LogP contribution in [0.1, 0.15) is 32.4 Å². The third kappa shape index (κ3) is 4.78. The van der Waals surface area contributed by atoms with E-state index < -0.39 is 53.9 Å². The van der Waals surface area contributed by atoms with Crippen LogP contribution in [0.3, 0.4) is 0 Å². The highest BCUT2D eigenvalue weighted by Gasteiger charge is 2.48. The van der Waals surface area contributed by atoms with Gasteiger partial charge in [-0.15, -0.1) is 0 Å². The molecule has 0 aliphatic carbocycles. The van der Waals surface area contributed by atoms with Gasteiger partial charge in [0.2, 0.25) is 0 Å². The molecule has 12 heteroatoms. The maximum Gasteiger partial charge on any atom is 0.412 e. The molecule has 1 fully saturated rings. The van der Waals surface area contributed by atoms with E-state index in [9.17, 15) is 29.0 Å². The minimum atomic E-state index is -1.82. The normalized spacial score (nSPS) is 24.6. The minimum Gasteiger partial charge on any atom is -0.479 e. The number of aliphatic hydroxyl groups excluding tert-OH is 2. The van der Waals surface area contributed by atoms with Crippen LogP contribution in [0, 0.1) is 5.82 Å². The van der Waals surface area contributed by atoms with Crippen LogP contribution in [0.4, 0.5) is 15.0 Å². The number of ether oxygens (including phenoxy) is 2. The van der Waals surface area contributed by atoms with E-state index in [1.54, 1.807) is 0 Å². The maximum absolute atomic E-state index is 14.2. The van der Waals surface area contributed by atoms with Crippen molar-refractivity contribution in [2.75, 3.05) is 11.9 Å². The van der Waals surface area contributed by atoms with Crippen LogP contribution >= 0.6 is 0 Å². The Kier molecular flexibility index (Phi) is 6.82. The number of unbranched alkanes of at least 4 members (excludes halogenated alkanes) is 2. The number of rotatable bonds is 7. The van der Waals surface area contributed by atoms with E-state index in [4.69, 9.17) is 14.6 Å². The van der Waals surface area contributed by atoms with E-state index in [0.717, 1.165) is 12.8 Å². The predicted octanol–water partition coefficient (Wildman–Crippen LogP) is -0.175. The molecule has 0 radical (unpaired) electrons. The van der Waals surface area contributed by atoms with Gasteiger partial charge < -0.3 is 24.8 Å². The highest BCUT2D eigenvalue weighted by molar-refractivity contribution is 5.83. The molecule has 1 aliphatic heterocycles. The molecule has 4 N–H and O–H groups in total. The minimum absolute atomic E-state index is 0.120. The molecule has 0 spiro atoms. The van der Waals surface area contributed by atoms with Gasteiger partial charge in [0, 0.05) is 0 Å². The number of aromatic nitrogens is 2. The molecule has 0 bridgehead atoms. The van der Waals surface area contributed by atoms with Crippen molar-refractivity contribution in [1.29, 1.82) is 0 Å². The molecular formula is C15H20FN3O8. The van der Waals surface area contributed by atoms with E-state index in [-0.39, 0.29) is 6.61 Å². The van der Waals surface area contributed by atoms with Crippen molar-refractivity contribution in [1.82, 2.24) is 9.55 Å². The number of nitrogens with zero attached hydrogens (tertiary/aromatic N) is 2. The monoisotopic (exact) mass is 389 g/mol. The third-order valence-corrected chi connectivity index (χ3v) is 3.86. The lowest BCUT2D eigenvalue weighted by molar-refractivity contribution is -0.155. The lowest BCUT2D eigenvalue weighted by Gasteiger charge is -2.17. The predicted molar refractivity (Wildman–Crippen MR) is 86.5 cm³/mol. The van der Waals surface area contributed by atoms with E-state index >= 15 is 0 Å². The largest absolute Gasteiger partial charge is 0.479 e. The van der Waals surface area contributed by atoms with Gasteiger partial charge in [0.25, 0.3) is 0 Å². The molecule has 2 rings (SSSR count). The summed E-state index contributed by atoms with van der Waals surface area (Å²) in [6, 6.07) is 0. The van der Waals surface area contributed by atoms with Crippen molar-refractivity contribution in [3.8, 4) is 0 Å². The van der Waals surface area contributed by atoms with Crippen molar-refractivity contribution in [3.05, 3.63) is 22.5 Å². The highest BCUT2D eigenvalue weighted by atomic mass is 19.1. The molecule has 1 aromatic heterocycles. The molecule has 1 amide bonds. The van der Waals surface area contributed by atoms with Gasteiger partial charge >= 0.3 is 17.8 Å². The summed E-state index contributed by atoms with van der Waals surface area (Å²) in [5, 5.41) is 30.4. The van der Waals surface area contributed by atoms with Crippen LogP contribution in [-0.4, -0.2) is 61.9 Å². The van der Waals surface area contributed by atoms with Crippen LogP contribution in [0.2, 0.25) is 0 Å². The van der Waals surface area contributed by atoms with Gasteiger partial charge in [-0.1, -0.05) is 19.8 Å². The second-order valence-corrected chi connectivity index (χ2v) is 5.86. The van der Waals surface area contributed by atoms with Crippen LogP contribution in [-0.2, 0) is 14.3 Å². The zero-order valence-electron chi connectivity index (χ0n) is 14.4. The fourth-order valence-electron chi connectivity index (χ4n) is 2.46. The van der Waals surface area contributed by atoms with E-state index in [0.29, 0.717) is 17.2 Å². The van der Waals surface area contributed by atoms with Crippen LogP contribution in [0.15, 0.2) is 11.0 Å². The summed E-state index contributed by atoms with van der Waals surface area (Å²) in [6.07, 6.45) is -5.09. The van der Waals surface area contributed by atoms with Gasteiger partial charge in [-0.3, -0.25) is 9.88 Å². The Morgan fingerprint density at radius 1 is 1.37 bits per heavy atom. The first-order valence-corrected chi connectivity index (χ1v) is 8.23. The Hall–Kier alpha value is -2.57. The first-order chi connectivity index (χ1) is 12.8. The molecule has 0 saturated carbocycles. The van der Waals surface area contributed by atoms with Gasteiger partial charge in [-0.2, -0.15) is 4.98 Å². The smallest absolute Gasteiger partial charge is 0.412 e. The number of amides is 1. The Morgan fingerprint density at radius 2 is 2.07 bits per heavy atom. The van der Waals surface area contributed by atoms with Crippen molar-refractivity contribution in [2.24, 2.45) is 0 Å². The standard InChI is InChI=1S/C15H20FN3O8/c1-2-3-4-5-26-15(25)18-11-7(16)6-19(14(24)17-11)12-9(21)8(20)10(27-12)13(22)23/h6,8-10,12,20-21H,2-5H2,1H3,(H,22,23)(H,17,18,24,25)/t8-,9+,10-,12?/m0/s1. The molecule has 1 aromatic rings. The number of carboxylic acid groups (broad SMARTS) is 1. The van der Waals surface area contributed by atoms with Gasteiger partial charge in [0.1, 0.15) is 12.2 Å². The Balaban J connectivity index is 2.12. The number of aliphatic hydroxyl groups is 2. The number of carbonyl (C=O) groups excluding carboxylic acids is 1. The van der Waals surface area contributed by atoms with E-state index in [2.05, 4.69) is 4.98 Å². The summed E-state index contributed by atoms with van der Waals surface area (Å²) in [5.74, 6) is -3.40. The summed E-state index contributed by atoms with van der Waals surface area (Å²) < 4.78 is 24.4. The molecule has 1 aliphatic rings. The number of hydrogen-bond donors (Lipinski definition) is 4. The van der Waals surface area contributed by atoms with Gasteiger partial charge in [0.15, 0.2) is 24.0 Å². The number of halogens is 1. The Bertz CT molecular complexity index is 755. The van der Waals surface area contributed by atoms with Crippen molar-refractivity contribution in [2.45, 2.75) is 50.7 Å². The summed E-state index contributed by atoms with van der Waals surface area (Å²) >= 11 is 0. The average Bonchev–Trinajstić information content (AvgIpc) is 2.90. The highest BCUT2D eigenvalue weighted by Crippen LogP contribution is 2.29. The van der Waals surface area contributed by atoms with Crippen molar-refractivity contribution < 1.29 is 38.8 Å². The second kappa shape index (κ2) is 8.88. The average molecular weight is 389 g/mol. The van der Waals surface area contributed by atoms with E-state index in [1.807, 2.05) is 12.2 Å². The molecule has 1 unspecified atom stereocenters. The number of aliphatic carboxylic acids is 1. The van der Waals surface area contributed by atoms with E-state index in [1.165, 1.54) is 0 Å². The Morgan fingerprint density at radius 3 is 2.67 bits per heavy atom. The SMILES string of the molecule is CCCCCOC(=O)Nc1nc(=O)n(C2O[C@H](C(=O)O)[C@@H](O)[C@H]2O)cc1F. The van der Waals surface area contributed by atoms with Crippen LogP contribution in [0.25, 0.3) is 0 Å². The molecule has 1 saturated heterocycles. The van der Waals surface area contributed by atoms with Crippen molar-refractivity contribution in [3.63, 3.8) is 0 Å². The summed E-state index contributed by atoms with van der Waals surface area (Å²) in [4.78, 5) is 37.9. The summed E-state index contributed by atoms with van der Waals surface area (Å²) in [7, 11) is 0. The number of carboxylic acids is 1. The first kappa shape index (κ1) is 20.7. The molecule has 2 heterocycles. The molecular weight excluding hydrogens is 369 g/mol. The molecule has 11 nitrogen and oxygen atoms in total. The third-order valence-electron chi connectivity index (χ3n) is 3.86. The lowest BCUT2D eigenvalue weighted by Crippen LogP contribution is -2.37. The fourth-order valence-corrected chi connectivity index (χ4v) is 2.46. The van der Waals surface area contributed by atoms with Gasteiger partial charge in [0.05, 0.1) is 12.8 Å². The molecule has 4 atom stereocenters. The molecule has 0 aromatic carbocycles. The summed E-state index contributed by atoms with van der Waals surface area (Å²) in [5.41, 5.74) is -1.14.